The van der Waals surface area contributed by atoms with Crippen LogP contribution in [0, 0.1) is 0 Å². The predicted molar refractivity (Wildman–Crippen MR) is 107 cm³/mol. The maximum Gasteiger partial charge on any atom is 0.253 e. The fourth-order valence-corrected chi connectivity index (χ4v) is 3.25. The molecule has 1 atom stereocenters. The molecule has 2 aromatic rings. The van der Waals surface area contributed by atoms with E-state index in [9.17, 15) is 9.59 Å². The van der Waals surface area contributed by atoms with Gasteiger partial charge in [0, 0.05) is 39.4 Å². The number of imidazole rings is 1. The summed E-state index contributed by atoms with van der Waals surface area (Å²) in [5.41, 5.74) is 2.39. The molecule has 2 amide bonds. The molecule has 0 unspecified atom stereocenters. The molecule has 3 rings (SSSR count). The molecule has 1 N–H and O–H groups in total. The number of nitrogens with one attached hydrogen (secondary N) is 1. The van der Waals surface area contributed by atoms with Crippen LogP contribution in [0.3, 0.4) is 0 Å². The first-order chi connectivity index (χ1) is 13.4. The first-order valence-corrected chi connectivity index (χ1v) is 9.37. The van der Waals surface area contributed by atoms with Crippen LogP contribution in [0.1, 0.15) is 29.4 Å². The second-order valence-corrected chi connectivity index (χ2v) is 7.11. The molecule has 0 saturated carbocycles. The Morgan fingerprint density at radius 2 is 2.14 bits per heavy atom. The van der Waals surface area contributed by atoms with E-state index in [0.29, 0.717) is 25.1 Å². The van der Waals surface area contributed by atoms with Crippen LogP contribution in [-0.4, -0.2) is 60.1 Å². The summed E-state index contributed by atoms with van der Waals surface area (Å²) in [4.78, 5) is 32.4. The van der Waals surface area contributed by atoms with E-state index in [1.54, 1.807) is 32.7 Å². The van der Waals surface area contributed by atoms with Gasteiger partial charge in [-0.3, -0.25) is 9.59 Å². The Labute approximate surface area is 165 Å². The topological polar surface area (TPSA) is 79.7 Å². The standard InChI is InChI=1S/C20H27N5O3/c1-5-25-13-21-10-16(25)11-22-19(26)9-15-12-28-18-7-6-14(20(27)23(2)3)8-17(18)24(15)4/h6-8,10,13,15H,5,9,11-12H2,1-4H3,(H,22,26)/t15-/m1/s1. The van der Waals surface area contributed by atoms with Gasteiger partial charge in [-0.2, -0.15) is 0 Å². The van der Waals surface area contributed by atoms with Crippen molar-refractivity contribution in [2.24, 2.45) is 0 Å². The highest BCUT2D eigenvalue weighted by Gasteiger charge is 2.27. The molecule has 0 radical (unpaired) electrons. The first kappa shape index (κ1) is 19.7. The number of nitrogens with zero attached hydrogens (tertiary/aromatic N) is 4. The van der Waals surface area contributed by atoms with Crippen molar-refractivity contribution in [3.63, 3.8) is 0 Å². The minimum atomic E-state index is -0.103. The van der Waals surface area contributed by atoms with Gasteiger partial charge in [-0.15, -0.1) is 0 Å². The van der Waals surface area contributed by atoms with E-state index in [0.717, 1.165) is 23.7 Å². The summed E-state index contributed by atoms with van der Waals surface area (Å²) < 4.78 is 7.82. The van der Waals surface area contributed by atoms with E-state index in [-0.39, 0.29) is 17.9 Å². The molecule has 8 heteroatoms. The van der Waals surface area contributed by atoms with Crippen LogP contribution in [-0.2, 0) is 17.9 Å². The molecule has 0 saturated heterocycles. The molecular formula is C20H27N5O3. The van der Waals surface area contributed by atoms with Gasteiger partial charge in [-0.05, 0) is 25.1 Å². The van der Waals surface area contributed by atoms with E-state index in [2.05, 4.69) is 10.3 Å². The highest BCUT2D eigenvalue weighted by Crippen LogP contribution is 2.34. The highest BCUT2D eigenvalue weighted by molar-refractivity contribution is 5.95. The van der Waals surface area contributed by atoms with Gasteiger partial charge in [-0.25, -0.2) is 4.98 Å². The summed E-state index contributed by atoms with van der Waals surface area (Å²) in [6.07, 6.45) is 3.83. The van der Waals surface area contributed by atoms with Crippen molar-refractivity contribution in [3.05, 3.63) is 42.0 Å². The fourth-order valence-electron chi connectivity index (χ4n) is 3.25. The van der Waals surface area contributed by atoms with Crippen LogP contribution in [0.4, 0.5) is 5.69 Å². The average Bonchev–Trinajstić information content (AvgIpc) is 3.15. The Morgan fingerprint density at radius 1 is 1.36 bits per heavy atom. The molecule has 1 aliphatic heterocycles. The van der Waals surface area contributed by atoms with Crippen molar-refractivity contribution < 1.29 is 14.3 Å². The SMILES string of the molecule is CCn1cncc1CNC(=O)C[C@@H]1COc2ccc(C(=O)N(C)C)cc2N1C. The number of ether oxygens (including phenoxy) is 1. The number of benzene rings is 1. The molecule has 0 bridgehead atoms. The lowest BCUT2D eigenvalue weighted by Crippen LogP contribution is -2.43. The van der Waals surface area contributed by atoms with Crippen LogP contribution in [0.15, 0.2) is 30.7 Å². The summed E-state index contributed by atoms with van der Waals surface area (Å²) in [6, 6.07) is 5.29. The Hall–Kier alpha value is -3.03. The summed E-state index contributed by atoms with van der Waals surface area (Å²) in [7, 11) is 5.37. The monoisotopic (exact) mass is 385 g/mol. The van der Waals surface area contributed by atoms with Crippen LogP contribution in [0.5, 0.6) is 5.75 Å². The maximum atomic E-state index is 12.4. The fraction of sp³-hybridized carbons (Fsp3) is 0.450. The molecule has 1 aromatic heterocycles. The maximum absolute atomic E-state index is 12.4. The molecule has 150 valence electrons. The van der Waals surface area contributed by atoms with Gasteiger partial charge in [-0.1, -0.05) is 0 Å². The van der Waals surface area contributed by atoms with Gasteiger partial charge in [0.05, 0.1) is 36.7 Å². The summed E-state index contributed by atoms with van der Waals surface area (Å²) in [5, 5.41) is 2.95. The van der Waals surface area contributed by atoms with Crippen molar-refractivity contribution in [1.29, 1.82) is 0 Å². The first-order valence-electron chi connectivity index (χ1n) is 9.37. The van der Waals surface area contributed by atoms with Gasteiger partial charge < -0.3 is 24.4 Å². The summed E-state index contributed by atoms with van der Waals surface area (Å²) >= 11 is 0. The minimum Gasteiger partial charge on any atom is -0.489 e. The number of hydrogen-bond acceptors (Lipinski definition) is 5. The number of rotatable bonds is 6. The van der Waals surface area contributed by atoms with Gasteiger partial charge in [0.15, 0.2) is 0 Å². The van der Waals surface area contributed by atoms with Gasteiger partial charge in [0.2, 0.25) is 5.91 Å². The molecule has 2 heterocycles. The number of carbonyl (C=O) groups is 2. The quantitative estimate of drug-likeness (QED) is 0.815. The van der Waals surface area contributed by atoms with Crippen LogP contribution in [0.2, 0.25) is 0 Å². The predicted octanol–water partition coefficient (Wildman–Crippen LogP) is 1.51. The lowest BCUT2D eigenvalue weighted by atomic mass is 10.1. The molecule has 28 heavy (non-hydrogen) atoms. The second-order valence-electron chi connectivity index (χ2n) is 7.11. The average molecular weight is 385 g/mol. The zero-order valence-electron chi connectivity index (χ0n) is 16.8. The third kappa shape index (κ3) is 4.11. The molecule has 0 spiro atoms. The number of fused-ring (bicyclic) bond motifs is 1. The van der Waals surface area contributed by atoms with Crippen molar-refractivity contribution in [3.8, 4) is 5.75 Å². The number of carbonyl (C=O) groups excluding carboxylic acids is 2. The van der Waals surface area contributed by atoms with Crippen LogP contribution in [0.25, 0.3) is 0 Å². The summed E-state index contributed by atoms with van der Waals surface area (Å²) in [5.74, 6) is 0.609. The third-order valence-corrected chi connectivity index (χ3v) is 5.00. The van der Waals surface area contributed by atoms with Crippen molar-refractivity contribution in [2.45, 2.75) is 32.5 Å². The van der Waals surface area contributed by atoms with Crippen molar-refractivity contribution in [1.82, 2.24) is 19.8 Å². The van der Waals surface area contributed by atoms with E-state index in [1.165, 1.54) is 4.90 Å². The second kappa shape index (κ2) is 8.33. The molecule has 8 nitrogen and oxygen atoms in total. The van der Waals surface area contributed by atoms with E-state index in [4.69, 9.17) is 4.74 Å². The smallest absolute Gasteiger partial charge is 0.253 e. The Kier molecular flexibility index (Phi) is 5.87. The number of hydrogen-bond donors (Lipinski definition) is 1. The molecule has 1 aliphatic rings. The number of anilines is 1. The van der Waals surface area contributed by atoms with E-state index in [1.807, 2.05) is 35.6 Å². The molecular weight excluding hydrogens is 358 g/mol. The Balaban J connectivity index is 1.64. The lowest BCUT2D eigenvalue weighted by molar-refractivity contribution is -0.121. The van der Waals surface area contributed by atoms with Gasteiger partial charge in [0.1, 0.15) is 12.4 Å². The lowest BCUT2D eigenvalue weighted by Gasteiger charge is -2.35. The zero-order valence-corrected chi connectivity index (χ0v) is 16.8. The van der Waals surface area contributed by atoms with E-state index < -0.39 is 0 Å². The Morgan fingerprint density at radius 3 is 2.86 bits per heavy atom. The van der Waals surface area contributed by atoms with Crippen LogP contribution < -0.4 is 15.0 Å². The largest absolute Gasteiger partial charge is 0.489 e. The molecule has 0 aliphatic carbocycles. The highest BCUT2D eigenvalue weighted by atomic mass is 16.5. The van der Waals surface area contributed by atoms with Crippen molar-refractivity contribution >= 4 is 17.5 Å². The number of aryl methyl sites for hydroxylation is 1. The molecule has 0 fully saturated rings. The van der Waals surface area contributed by atoms with Crippen LogP contribution >= 0.6 is 0 Å². The number of amides is 2. The number of likely N-dealkylation sites (N-methyl/N-ethyl adjacent to an activating group) is 1. The van der Waals surface area contributed by atoms with Gasteiger partial charge >= 0.3 is 0 Å². The third-order valence-electron chi connectivity index (χ3n) is 5.00. The summed E-state index contributed by atoms with van der Waals surface area (Å²) in [6.45, 7) is 3.72. The minimum absolute atomic E-state index is 0.0479. The molecule has 1 aromatic carbocycles. The van der Waals surface area contributed by atoms with Gasteiger partial charge in [0.25, 0.3) is 5.91 Å². The zero-order chi connectivity index (χ0) is 20.3. The number of aromatic nitrogens is 2. The van der Waals surface area contributed by atoms with Crippen molar-refractivity contribution in [2.75, 3.05) is 32.6 Å². The van der Waals surface area contributed by atoms with E-state index >= 15 is 0 Å². The normalized spacial score (nSPS) is 15.6. The Bertz CT molecular complexity index is 861.